The molecule has 2 aliphatic rings. The molecule has 0 atom stereocenters. The van der Waals surface area contributed by atoms with Crippen LogP contribution in [-0.2, 0) is 4.79 Å². The number of piperidine rings is 1. The number of hydrogen-bond donors (Lipinski definition) is 4. The van der Waals surface area contributed by atoms with Crippen molar-refractivity contribution in [3.8, 4) is 5.75 Å². The summed E-state index contributed by atoms with van der Waals surface area (Å²) >= 11 is 0. The first-order chi connectivity index (χ1) is 13.6. The number of aromatic hydroxyl groups is 1. The van der Waals surface area contributed by atoms with Crippen molar-refractivity contribution < 1.29 is 9.90 Å². The molecule has 1 saturated carbocycles. The molecule has 1 aliphatic heterocycles. The van der Waals surface area contributed by atoms with E-state index < -0.39 is 0 Å². The summed E-state index contributed by atoms with van der Waals surface area (Å²) in [6, 6.07) is 7.61. The number of anilines is 1. The molecule has 1 saturated heterocycles. The number of amides is 1. The minimum atomic E-state index is -0.182. The highest BCUT2D eigenvalue weighted by molar-refractivity contribution is 14.0. The standard InChI is InChI=1S/C21H33N5O2.HI/c1-2-22-21(23-15-20(28)24-16-7-9-19(27)10-8-16)25-17-11-13-26(14-12-17)18-5-3-4-6-18;/h7-10,17-18,27H,2-6,11-15H2,1H3,(H,24,28)(H2,22,23,25);1H. The number of carbonyl (C=O) groups excluding carboxylic acids is 1. The van der Waals surface area contributed by atoms with Crippen LogP contribution in [-0.4, -0.2) is 60.1 Å². The second-order valence-electron chi connectivity index (χ2n) is 7.68. The second kappa shape index (κ2) is 12.2. The molecule has 162 valence electrons. The topological polar surface area (TPSA) is 89.0 Å². The van der Waals surface area contributed by atoms with Crippen LogP contribution in [0.3, 0.4) is 0 Å². The third-order valence-corrected chi connectivity index (χ3v) is 5.59. The Hall–Kier alpha value is -1.55. The Balaban J connectivity index is 0.00000300. The van der Waals surface area contributed by atoms with Gasteiger partial charge in [-0.2, -0.15) is 0 Å². The smallest absolute Gasteiger partial charge is 0.246 e. The average molecular weight is 515 g/mol. The number of nitrogens with one attached hydrogen (secondary N) is 3. The van der Waals surface area contributed by atoms with E-state index in [2.05, 4.69) is 25.8 Å². The summed E-state index contributed by atoms with van der Waals surface area (Å²) in [6.07, 6.45) is 7.70. The van der Waals surface area contributed by atoms with Gasteiger partial charge in [-0.1, -0.05) is 12.8 Å². The maximum Gasteiger partial charge on any atom is 0.246 e. The molecule has 0 unspecified atom stereocenters. The normalized spacial score (nSPS) is 18.9. The van der Waals surface area contributed by atoms with Crippen LogP contribution in [0.25, 0.3) is 0 Å². The number of benzene rings is 1. The lowest BCUT2D eigenvalue weighted by molar-refractivity contribution is -0.114. The maximum absolute atomic E-state index is 12.1. The van der Waals surface area contributed by atoms with Crippen molar-refractivity contribution >= 4 is 41.5 Å². The fraction of sp³-hybridized carbons (Fsp3) is 0.619. The van der Waals surface area contributed by atoms with Gasteiger partial charge in [0.25, 0.3) is 0 Å². The Labute approximate surface area is 190 Å². The van der Waals surface area contributed by atoms with Gasteiger partial charge in [0.1, 0.15) is 12.3 Å². The summed E-state index contributed by atoms with van der Waals surface area (Å²) in [5.41, 5.74) is 0.648. The van der Waals surface area contributed by atoms with Crippen LogP contribution in [0.15, 0.2) is 29.3 Å². The van der Waals surface area contributed by atoms with Crippen LogP contribution in [0.5, 0.6) is 5.75 Å². The first-order valence-electron chi connectivity index (χ1n) is 10.5. The van der Waals surface area contributed by atoms with Gasteiger partial charge in [0, 0.05) is 37.4 Å². The van der Waals surface area contributed by atoms with Crippen LogP contribution in [0.4, 0.5) is 5.69 Å². The van der Waals surface area contributed by atoms with Crippen LogP contribution >= 0.6 is 24.0 Å². The predicted molar refractivity (Wildman–Crippen MR) is 128 cm³/mol. The lowest BCUT2D eigenvalue weighted by Crippen LogP contribution is -2.50. The number of rotatable bonds is 6. The molecule has 1 heterocycles. The third kappa shape index (κ3) is 7.65. The summed E-state index contributed by atoms with van der Waals surface area (Å²) in [6.45, 7) is 5.12. The number of carbonyl (C=O) groups is 1. The molecule has 2 fully saturated rings. The van der Waals surface area contributed by atoms with Crippen LogP contribution in [0.1, 0.15) is 45.4 Å². The average Bonchev–Trinajstić information content (AvgIpc) is 3.23. The fourth-order valence-corrected chi connectivity index (χ4v) is 4.09. The van der Waals surface area contributed by atoms with Crippen molar-refractivity contribution in [1.29, 1.82) is 0 Å². The molecule has 1 aliphatic carbocycles. The van der Waals surface area contributed by atoms with Crippen molar-refractivity contribution in [2.75, 3.05) is 31.5 Å². The Morgan fingerprint density at radius 3 is 2.41 bits per heavy atom. The molecular formula is C21H34IN5O2. The van der Waals surface area contributed by atoms with E-state index in [4.69, 9.17) is 0 Å². The van der Waals surface area contributed by atoms with Gasteiger partial charge >= 0.3 is 0 Å². The largest absolute Gasteiger partial charge is 0.508 e. The van der Waals surface area contributed by atoms with E-state index in [1.54, 1.807) is 24.3 Å². The number of hydrogen-bond acceptors (Lipinski definition) is 4. The molecule has 3 rings (SSSR count). The van der Waals surface area contributed by atoms with Gasteiger partial charge in [-0.05, 0) is 56.9 Å². The Morgan fingerprint density at radius 2 is 1.79 bits per heavy atom. The summed E-state index contributed by atoms with van der Waals surface area (Å²) in [5, 5.41) is 18.8. The van der Waals surface area contributed by atoms with E-state index in [9.17, 15) is 9.90 Å². The molecule has 0 bridgehead atoms. The predicted octanol–water partition coefficient (Wildman–Crippen LogP) is 2.91. The lowest BCUT2D eigenvalue weighted by atomic mass is 10.0. The zero-order chi connectivity index (χ0) is 19.8. The second-order valence-corrected chi connectivity index (χ2v) is 7.68. The van der Waals surface area contributed by atoms with Crippen LogP contribution < -0.4 is 16.0 Å². The fourth-order valence-electron chi connectivity index (χ4n) is 4.09. The molecule has 29 heavy (non-hydrogen) atoms. The van der Waals surface area contributed by atoms with Crippen LogP contribution in [0, 0.1) is 0 Å². The maximum atomic E-state index is 12.1. The van der Waals surface area contributed by atoms with Gasteiger partial charge in [-0.15, -0.1) is 24.0 Å². The minimum absolute atomic E-state index is 0. The summed E-state index contributed by atoms with van der Waals surface area (Å²) in [5.74, 6) is 0.690. The van der Waals surface area contributed by atoms with E-state index in [1.165, 1.54) is 25.7 Å². The Morgan fingerprint density at radius 1 is 1.14 bits per heavy atom. The molecular weight excluding hydrogens is 481 g/mol. The highest BCUT2D eigenvalue weighted by Gasteiger charge is 2.27. The van der Waals surface area contributed by atoms with Gasteiger partial charge in [-0.25, -0.2) is 4.99 Å². The van der Waals surface area contributed by atoms with Crippen molar-refractivity contribution in [3.63, 3.8) is 0 Å². The van der Waals surface area contributed by atoms with E-state index in [0.29, 0.717) is 17.7 Å². The van der Waals surface area contributed by atoms with Crippen molar-refractivity contribution in [2.24, 2.45) is 4.99 Å². The van der Waals surface area contributed by atoms with Crippen molar-refractivity contribution in [3.05, 3.63) is 24.3 Å². The zero-order valence-electron chi connectivity index (χ0n) is 17.2. The molecule has 4 N–H and O–H groups in total. The summed E-state index contributed by atoms with van der Waals surface area (Å²) in [4.78, 5) is 19.2. The van der Waals surface area contributed by atoms with E-state index >= 15 is 0 Å². The number of likely N-dealkylation sites (tertiary alicyclic amines) is 1. The Bertz CT molecular complexity index is 654. The number of guanidine groups is 1. The number of halogens is 1. The van der Waals surface area contributed by atoms with Gasteiger partial charge in [-0.3, -0.25) is 4.79 Å². The van der Waals surface area contributed by atoms with E-state index in [-0.39, 0.29) is 42.2 Å². The van der Waals surface area contributed by atoms with E-state index in [1.807, 2.05) is 6.92 Å². The van der Waals surface area contributed by atoms with Gasteiger partial charge < -0.3 is 26.0 Å². The first kappa shape index (κ1) is 23.7. The number of phenols is 1. The molecule has 0 spiro atoms. The summed E-state index contributed by atoms with van der Waals surface area (Å²) < 4.78 is 0. The highest BCUT2D eigenvalue weighted by Crippen LogP contribution is 2.26. The zero-order valence-corrected chi connectivity index (χ0v) is 19.5. The minimum Gasteiger partial charge on any atom is -0.508 e. The van der Waals surface area contributed by atoms with Crippen LogP contribution in [0.2, 0.25) is 0 Å². The number of phenolic OH excluding ortho intramolecular Hbond substituents is 1. The molecule has 0 radical (unpaired) electrons. The van der Waals surface area contributed by atoms with Crippen molar-refractivity contribution in [1.82, 2.24) is 15.5 Å². The molecule has 1 aromatic carbocycles. The van der Waals surface area contributed by atoms with E-state index in [0.717, 1.165) is 38.5 Å². The SMILES string of the molecule is CCNC(=NCC(=O)Nc1ccc(O)cc1)NC1CCN(C2CCCC2)CC1.I. The number of nitrogens with zero attached hydrogens (tertiary/aromatic N) is 2. The quantitative estimate of drug-likeness (QED) is 0.203. The molecule has 0 aromatic heterocycles. The lowest BCUT2D eigenvalue weighted by Gasteiger charge is -2.36. The first-order valence-corrected chi connectivity index (χ1v) is 10.5. The van der Waals surface area contributed by atoms with Gasteiger partial charge in [0.15, 0.2) is 5.96 Å². The highest BCUT2D eigenvalue weighted by atomic mass is 127. The summed E-state index contributed by atoms with van der Waals surface area (Å²) in [7, 11) is 0. The molecule has 8 heteroatoms. The molecule has 7 nitrogen and oxygen atoms in total. The van der Waals surface area contributed by atoms with Crippen molar-refractivity contribution in [2.45, 2.75) is 57.5 Å². The monoisotopic (exact) mass is 515 g/mol. The number of aliphatic imine (C=N–C) groups is 1. The van der Waals surface area contributed by atoms with Gasteiger partial charge in [0.05, 0.1) is 0 Å². The molecule has 1 amide bonds. The third-order valence-electron chi connectivity index (χ3n) is 5.59. The Kier molecular flexibility index (Phi) is 9.99. The van der Waals surface area contributed by atoms with Gasteiger partial charge in [0.2, 0.25) is 5.91 Å². The molecule has 1 aromatic rings.